The summed E-state index contributed by atoms with van der Waals surface area (Å²) in [4.78, 5) is 25.3. The second kappa shape index (κ2) is 5.03. The van der Waals surface area contributed by atoms with Gasteiger partial charge in [-0.2, -0.15) is 0 Å². The molecule has 0 aromatic carbocycles. The van der Waals surface area contributed by atoms with E-state index in [0.717, 1.165) is 6.42 Å². The molecular weight excluding hydrogens is 222 g/mol. The molecule has 0 bridgehead atoms. The van der Waals surface area contributed by atoms with E-state index < -0.39 is 6.04 Å². The van der Waals surface area contributed by atoms with Gasteiger partial charge < -0.3 is 14.1 Å². The zero-order valence-corrected chi connectivity index (χ0v) is 9.72. The first kappa shape index (κ1) is 11.7. The lowest BCUT2D eigenvalue weighted by molar-refractivity contribution is -0.147. The lowest BCUT2D eigenvalue weighted by Gasteiger charge is -2.21. The molecule has 0 saturated carbocycles. The van der Waals surface area contributed by atoms with Crippen molar-refractivity contribution in [3.05, 3.63) is 24.2 Å². The van der Waals surface area contributed by atoms with Crippen LogP contribution in [-0.4, -0.2) is 36.0 Å². The maximum Gasteiger partial charge on any atom is 0.328 e. The zero-order valence-electron chi connectivity index (χ0n) is 9.72. The van der Waals surface area contributed by atoms with Crippen molar-refractivity contribution in [1.29, 1.82) is 0 Å². The minimum Gasteiger partial charge on any atom is -0.464 e. The molecule has 5 heteroatoms. The van der Waals surface area contributed by atoms with Gasteiger partial charge in [-0.1, -0.05) is 0 Å². The summed E-state index contributed by atoms with van der Waals surface area (Å²) < 4.78 is 10.0. The second-order valence-electron chi connectivity index (χ2n) is 3.89. The van der Waals surface area contributed by atoms with Gasteiger partial charge in [-0.05, 0) is 31.9 Å². The van der Waals surface area contributed by atoms with E-state index in [1.165, 1.54) is 11.2 Å². The average Bonchev–Trinajstić information content (AvgIpc) is 3.00. The molecule has 92 valence electrons. The van der Waals surface area contributed by atoms with Crippen LogP contribution in [0.5, 0.6) is 0 Å². The van der Waals surface area contributed by atoms with Crippen LogP contribution in [0.15, 0.2) is 22.8 Å². The quantitative estimate of drug-likeness (QED) is 0.746. The molecule has 0 aliphatic carbocycles. The Morgan fingerprint density at radius 3 is 3.06 bits per heavy atom. The summed E-state index contributed by atoms with van der Waals surface area (Å²) in [5, 5.41) is 0. The molecule has 1 aliphatic heterocycles. The topological polar surface area (TPSA) is 59.8 Å². The molecule has 0 radical (unpaired) electrons. The average molecular weight is 237 g/mol. The van der Waals surface area contributed by atoms with Crippen molar-refractivity contribution < 1.29 is 18.7 Å². The predicted molar refractivity (Wildman–Crippen MR) is 59.4 cm³/mol. The Kier molecular flexibility index (Phi) is 3.46. The Labute approximate surface area is 99.3 Å². The molecule has 1 atom stereocenters. The van der Waals surface area contributed by atoms with Gasteiger partial charge >= 0.3 is 5.97 Å². The zero-order chi connectivity index (χ0) is 12.3. The van der Waals surface area contributed by atoms with E-state index in [-0.39, 0.29) is 17.6 Å². The molecule has 5 nitrogen and oxygen atoms in total. The van der Waals surface area contributed by atoms with E-state index in [4.69, 9.17) is 9.15 Å². The summed E-state index contributed by atoms with van der Waals surface area (Å²) in [6.07, 6.45) is 2.92. The summed E-state index contributed by atoms with van der Waals surface area (Å²) in [7, 11) is 0. The van der Waals surface area contributed by atoms with E-state index in [9.17, 15) is 9.59 Å². The van der Waals surface area contributed by atoms with Crippen LogP contribution in [0.3, 0.4) is 0 Å². The molecule has 2 heterocycles. The normalized spacial score (nSPS) is 19.4. The van der Waals surface area contributed by atoms with Gasteiger partial charge in [0.05, 0.1) is 12.9 Å². The predicted octanol–water partition coefficient (Wildman–Crippen LogP) is 1.45. The lowest BCUT2D eigenvalue weighted by Crippen LogP contribution is -2.41. The molecule has 1 fully saturated rings. The van der Waals surface area contributed by atoms with Crippen molar-refractivity contribution in [1.82, 2.24) is 4.90 Å². The van der Waals surface area contributed by atoms with E-state index in [1.807, 2.05) is 0 Å². The monoisotopic (exact) mass is 237 g/mol. The number of carbonyl (C=O) groups is 2. The highest BCUT2D eigenvalue weighted by atomic mass is 16.5. The number of amides is 1. The maximum absolute atomic E-state index is 12.1. The second-order valence-corrected chi connectivity index (χ2v) is 3.89. The van der Waals surface area contributed by atoms with Crippen molar-refractivity contribution in [2.24, 2.45) is 0 Å². The molecule has 0 spiro atoms. The number of hydrogen-bond acceptors (Lipinski definition) is 4. The lowest BCUT2D eigenvalue weighted by atomic mass is 10.2. The van der Waals surface area contributed by atoms with Crippen LogP contribution >= 0.6 is 0 Å². The fraction of sp³-hybridized carbons (Fsp3) is 0.500. The van der Waals surface area contributed by atoms with Crippen LogP contribution < -0.4 is 0 Å². The number of nitrogens with zero attached hydrogens (tertiary/aromatic N) is 1. The molecule has 1 unspecified atom stereocenters. The number of carbonyl (C=O) groups excluding carboxylic acids is 2. The van der Waals surface area contributed by atoms with Crippen LogP contribution in [0.4, 0.5) is 0 Å². The van der Waals surface area contributed by atoms with Gasteiger partial charge in [-0.3, -0.25) is 4.79 Å². The van der Waals surface area contributed by atoms with E-state index in [1.54, 1.807) is 19.1 Å². The standard InChI is InChI=1S/C12H15NO4/c1-2-16-12(15)9-5-3-7-13(9)11(14)10-6-4-8-17-10/h4,6,8-9H,2-3,5,7H2,1H3. The number of esters is 1. The van der Waals surface area contributed by atoms with Crippen molar-refractivity contribution in [2.45, 2.75) is 25.8 Å². The molecule has 1 amide bonds. The van der Waals surface area contributed by atoms with Crippen molar-refractivity contribution in [2.75, 3.05) is 13.2 Å². The minimum atomic E-state index is -0.465. The van der Waals surface area contributed by atoms with Crippen LogP contribution in [0.2, 0.25) is 0 Å². The highest BCUT2D eigenvalue weighted by Gasteiger charge is 2.36. The van der Waals surface area contributed by atoms with Gasteiger partial charge in [0.1, 0.15) is 6.04 Å². The Morgan fingerprint density at radius 1 is 1.59 bits per heavy atom. The molecule has 1 aromatic heterocycles. The molecule has 1 saturated heterocycles. The van der Waals surface area contributed by atoms with Crippen LogP contribution in [0.1, 0.15) is 30.3 Å². The Hall–Kier alpha value is -1.78. The number of likely N-dealkylation sites (tertiary alicyclic amines) is 1. The SMILES string of the molecule is CCOC(=O)C1CCCN1C(=O)c1ccco1. The van der Waals surface area contributed by atoms with Gasteiger partial charge in [0, 0.05) is 6.54 Å². The number of rotatable bonds is 3. The van der Waals surface area contributed by atoms with E-state index in [0.29, 0.717) is 19.6 Å². The molecule has 1 aliphatic rings. The third-order valence-corrected chi connectivity index (χ3v) is 2.80. The van der Waals surface area contributed by atoms with Crippen molar-refractivity contribution in [3.63, 3.8) is 0 Å². The van der Waals surface area contributed by atoms with Crippen LogP contribution in [-0.2, 0) is 9.53 Å². The van der Waals surface area contributed by atoms with Crippen LogP contribution in [0, 0.1) is 0 Å². The molecule has 2 rings (SSSR count). The van der Waals surface area contributed by atoms with Gasteiger partial charge in [0.15, 0.2) is 5.76 Å². The molecular formula is C12H15NO4. The molecule has 0 N–H and O–H groups in total. The first-order chi connectivity index (χ1) is 8.24. The number of hydrogen-bond donors (Lipinski definition) is 0. The number of furan rings is 1. The highest BCUT2D eigenvalue weighted by molar-refractivity contribution is 5.94. The Morgan fingerprint density at radius 2 is 2.41 bits per heavy atom. The summed E-state index contributed by atoms with van der Waals surface area (Å²) in [5.41, 5.74) is 0. The van der Waals surface area contributed by atoms with Gasteiger partial charge in [-0.15, -0.1) is 0 Å². The highest BCUT2D eigenvalue weighted by Crippen LogP contribution is 2.21. The maximum atomic E-state index is 12.1. The minimum absolute atomic E-state index is 0.245. The van der Waals surface area contributed by atoms with Crippen molar-refractivity contribution in [3.8, 4) is 0 Å². The molecule has 17 heavy (non-hydrogen) atoms. The van der Waals surface area contributed by atoms with Crippen LogP contribution in [0.25, 0.3) is 0 Å². The van der Waals surface area contributed by atoms with E-state index in [2.05, 4.69) is 0 Å². The summed E-state index contributed by atoms with van der Waals surface area (Å²) in [6, 6.07) is 2.79. The molecule has 1 aromatic rings. The smallest absolute Gasteiger partial charge is 0.328 e. The summed E-state index contributed by atoms with van der Waals surface area (Å²) >= 11 is 0. The van der Waals surface area contributed by atoms with Gasteiger partial charge in [-0.25, -0.2) is 4.79 Å². The van der Waals surface area contributed by atoms with E-state index >= 15 is 0 Å². The summed E-state index contributed by atoms with van der Waals surface area (Å²) in [6.45, 7) is 2.66. The van der Waals surface area contributed by atoms with Gasteiger partial charge in [0.2, 0.25) is 0 Å². The summed E-state index contributed by atoms with van der Waals surface area (Å²) in [5.74, 6) is -0.309. The third kappa shape index (κ3) is 2.33. The Balaban J connectivity index is 2.09. The van der Waals surface area contributed by atoms with Crippen molar-refractivity contribution >= 4 is 11.9 Å². The van der Waals surface area contributed by atoms with Gasteiger partial charge in [0.25, 0.3) is 5.91 Å². The number of ether oxygens (including phenoxy) is 1. The fourth-order valence-corrected chi connectivity index (χ4v) is 2.04. The first-order valence-electron chi connectivity index (χ1n) is 5.75. The fourth-order valence-electron chi connectivity index (χ4n) is 2.04. The largest absolute Gasteiger partial charge is 0.464 e. The Bertz CT molecular complexity index is 399. The third-order valence-electron chi connectivity index (χ3n) is 2.80. The first-order valence-corrected chi connectivity index (χ1v) is 5.75.